The number of hydrogen-bond donors (Lipinski definition) is 3. The zero-order chi connectivity index (χ0) is 15.5. The van der Waals surface area contributed by atoms with Crippen molar-refractivity contribution in [2.45, 2.75) is 12.5 Å². The van der Waals surface area contributed by atoms with Crippen LogP contribution in [0.2, 0.25) is 5.02 Å². The Hall–Kier alpha value is -2.53. The van der Waals surface area contributed by atoms with Gasteiger partial charge in [0.1, 0.15) is 6.04 Å². The summed E-state index contributed by atoms with van der Waals surface area (Å²) in [5.74, 6) is -0.459. The Morgan fingerprint density at radius 1 is 1.09 bits per heavy atom. The highest BCUT2D eigenvalue weighted by Crippen LogP contribution is 2.26. The molecular formula is C16H14ClN3O2. The molecule has 1 aliphatic rings. The van der Waals surface area contributed by atoms with E-state index in [2.05, 4.69) is 16.0 Å². The minimum absolute atomic E-state index is 0.0444. The van der Waals surface area contributed by atoms with E-state index < -0.39 is 6.04 Å². The molecule has 2 amide bonds. The van der Waals surface area contributed by atoms with Crippen molar-refractivity contribution < 1.29 is 9.59 Å². The molecule has 0 unspecified atom stereocenters. The topological polar surface area (TPSA) is 70.2 Å². The zero-order valence-corrected chi connectivity index (χ0v) is 12.4. The van der Waals surface area contributed by atoms with Crippen LogP contribution in [0.15, 0.2) is 48.5 Å². The summed E-state index contributed by atoms with van der Waals surface area (Å²) in [4.78, 5) is 24.1. The molecule has 0 saturated carbocycles. The van der Waals surface area contributed by atoms with Gasteiger partial charge in [-0.3, -0.25) is 9.59 Å². The second-order valence-electron chi connectivity index (χ2n) is 4.99. The average molecular weight is 316 g/mol. The molecule has 22 heavy (non-hydrogen) atoms. The van der Waals surface area contributed by atoms with E-state index >= 15 is 0 Å². The molecule has 0 aromatic heterocycles. The Kier molecular flexibility index (Phi) is 3.98. The predicted molar refractivity (Wildman–Crippen MR) is 87.2 cm³/mol. The summed E-state index contributed by atoms with van der Waals surface area (Å²) in [6.45, 7) is 0. The fourth-order valence-corrected chi connectivity index (χ4v) is 2.39. The van der Waals surface area contributed by atoms with Gasteiger partial charge in [0.15, 0.2) is 0 Å². The van der Waals surface area contributed by atoms with Crippen LogP contribution in [0, 0.1) is 0 Å². The van der Waals surface area contributed by atoms with E-state index in [4.69, 9.17) is 11.6 Å². The van der Waals surface area contributed by atoms with Crippen LogP contribution in [0.25, 0.3) is 0 Å². The molecule has 0 saturated heterocycles. The average Bonchev–Trinajstić information content (AvgIpc) is 2.50. The highest BCUT2D eigenvalue weighted by atomic mass is 35.5. The molecule has 0 aliphatic carbocycles. The number of amides is 2. The molecule has 3 rings (SSSR count). The summed E-state index contributed by atoms with van der Waals surface area (Å²) < 4.78 is 0. The third-order valence-electron chi connectivity index (χ3n) is 3.35. The van der Waals surface area contributed by atoms with E-state index in [9.17, 15) is 9.59 Å². The van der Waals surface area contributed by atoms with Crippen LogP contribution >= 0.6 is 11.6 Å². The lowest BCUT2D eigenvalue weighted by atomic mass is 10.1. The summed E-state index contributed by atoms with van der Waals surface area (Å²) in [6, 6.07) is 13.6. The lowest BCUT2D eigenvalue weighted by Gasteiger charge is -2.26. The predicted octanol–water partition coefficient (Wildman–Crippen LogP) is 3.10. The standard InChI is InChI=1S/C16H14ClN3O2/c17-10-5-7-11(8-6-10)18-15(21)9-14-16(22)20-13-4-2-1-3-12(13)19-14/h1-8,14,19H,9H2,(H,18,21)(H,20,22)/t14-/m1/s1. The minimum atomic E-state index is -0.595. The first-order chi connectivity index (χ1) is 10.6. The molecule has 5 nitrogen and oxygen atoms in total. The van der Waals surface area contributed by atoms with Gasteiger partial charge in [-0.05, 0) is 36.4 Å². The molecule has 112 valence electrons. The second kappa shape index (κ2) is 6.07. The van der Waals surface area contributed by atoms with E-state index in [1.165, 1.54) is 0 Å². The van der Waals surface area contributed by atoms with E-state index in [0.717, 1.165) is 11.4 Å². The molecule has 1 heterocycles. The van der Waals surface area contributed by atoms with Gasteiger partial charge in [-0.1, -0.05) is 23.7 Å². The number of nitrogens with one attached hydrogen (secondary N) is 3. The fraction of sp³-hybridized carbons (Fsp3) is 0.125. The van der Waals surface area contributed by atoms with Crippen LogP contribution in [-0.4, -0.2) is 17.9 Å². The van der Waals surface area contributed by atoms with Crippen LogP contribution < -0.4 is 16.0 Å². The molecule has 1 aliphatic heterocycles. The Balaban J connectivity index is 1.64. The number of hydrogen-bond acceptors (Lipinski definition) is 3. The Morgan fingerprint density at radius 3 is 2.50 bits per heavy atom. The van der Waals surface area contributed by atoms with E-state index in [1.54, 1.807) is 24.3 Å². The quantitative estimate of drug-likeness (QED) is 0.815. The van der Waals surface area contributed by atoms with Gasteiger partial charge in [0, 0.05) is 10.7 Å². The molecule has 2 aromatic rings. The number of halogens is 1. The van der Waals surface area contributed by atoms with Crippen molar-refractivity contribution in [3.63, 3.8) is 0 Å². The Morgan fingerprint density at radius 2 is 1.77 bits per heavy atom. The molecule has 3 N–H and O–H groups in total. The fourth-order valence-electron chi connectivity index (χ4n) is 2.27. The highest BCUT2D eigenvalue weighted by Gasteiger charge is 2.27. The van der Waals surface area contributed by atoms with Crippen LogP contribution in [0.3, 0.4) is 0 Å². The van der Waals surface area contributed by atoms with Gasteiger partial charge in [-0.25, -0.2) is 0 Å². The zero-order valence-electron chi connectivity index (χ0n) is 11.6. The Labute approximate surface area is 132 Å². The monoisotopic (exact) mass is 315 g/mol. The normalized spacial score (nSPS) is 16.2. The summed E-state index contributed by atoms with van der Waals surface area (Å²) in [5.41, 5.74) is 2.18. The first-order valence-electron chi connectivity index (χ1n) is 6.84. The number of benzene rings is 2. The largest absolute Gasteiger partial charge is 0.372 e. The summed E-state index contributed by atoms with van der Waals surface area (Å²) >= 11 is 5.80. The number of anilines is 3. The van der Waals surface area contributed by atoms with Crippen LogP contribution in [0.1, 0.15) is 6.42 Å². The first-order valence-corrected chi connectivity index (χ1v) is 7.21. The van der Waals surface area contributed by atoms with Crippen molar-refractivity contribution in [1.29, 1.82) is 0 Å². The van der Waals surface area contributed by atoms with Gasteiger partial charge in [0.2, 0.25) is 11.8 Å². The van der Waals surface area contributed by atoms with Gasteiger partial charge in [-0.2, -0.15) is 0 Å². The van der Waals surface area contributed by atoms with Gasteiger partial charge < -0.3 is 16.0 Å². The van der Waals surface area contributed by atoms with Gasteiger partial charge in [0.05, 0.1) is 17.8 Å². The second-order valence-corrected chi connectivity index (χ2v) is 5.43. The first kappa shape index (κ1) is 14.4. The highest BCUT2D eigenvalue weighted by molar-refractivity contribution is 6.30. The van der Waals surface area contributed by atoms with Crippen molar-refractivity contribution in [1.82, 2.24) is 0 Å². The van der Waals surface area contributed by atoms with Gasteiger partial charge in [0.25, 0.3) is 0 Å². The van der Waals surface area contributed by atoms with Crippen LogP contribution in [0.4, 0.5) is 17.1 Å². The number of fused-ring (bicyclic) bond motifs is 1. The molecule has 0 fully saturated rings. The number of carbonyl (C=O) groups excluding carboxylic acids is 2. The summed E-state index contributed by atoms with van der Waals surface area (Å²) in [6.07, 6.45) is 0.0444. The minimum Gasteiger partial charge on any atom is -0.372 e. The van der Waals surface area contributed by atoms with E-state index in [1.807, 2.05) is 24.3 Å². The van der Waals surface area contributed by atoms with Crippen LogP contribution in [0.5, 0.6) is 0 Å². The van der Waals surface area contributed by atoms with Crippen molar-refractivity contribution in [2.75, 3.05) is 16.0 Å². The number of carbonyl (C=O) groups is 2. The third-order valence-corrected chi connectivity index (χ3v) is 3.60. The lowest BCUT2D eigenvalue weighted by molar-refractivity contribution is -0.122. The van der Waals surface area contributed by atoms with Crippen LogP contribution in [-0.2, 0) is 9.59 Å². The smallest absolute Gasteiger partial charge is 0.247 e. The molecule has 1 atom stereocenters. The molecule has 6 heteroatoms. The molecule has 0 spiro atoms. The maximum absolute atomic E-state index is 12.1. The maximum Gasteiger partial charge on any atom is 0.247 e. The molecule has 2 aromatic carbocycles. The lowest BCUT2D eigenvalue weighted by Crippen LogP contribution is -2.41. The Bertz CT molecular complexity index is 716. The number of rotatable bonds is 3. The van der Waals surface area contributed by atoms with Gasteiger partial charge in [-0.15, -0.1) is 0 Å². The summed E-state index contributed by atoms with van der Waals surface area (Å²) in [7, 11) is 0. The van der Waals surface area contributed by atoms with Crippen molar-refractivity contribution in [3.8, 4) is 0 Å². The van der Waals surface area contributed by atoms with E-state index in [-0.39, 0.29) is 18.2 Å². The summed E-state index contributed by atoms with van der Waals surface area (Å²) in [5, 5.41) is 9.21. The number of para-hydroxylation sites is 2. The van der Waals surface area contributed by atoms with Crippen molar-refractivity contribution in [2.24, 2.45) is 0 Å². The van der Waals surface area contributed by atoms with Gasteiger partial charge >= 0.3 is 0 Å². The van der Waals surface area contributed by atoms with Crippen molar-refractivity contribution >= 4 is 40.5 Å². The molecule has 0 radical (unpaired) electrons. The SMILES string of the molecule is O=C(C[C@H]1Nc2ccccc2NC1=O)Nc1ccc(Cl)cc1. The molecule has 0 bridgehead atoms. The third kappa shape index (κ3) is 3.20. The molecular weight excluding hydrogens is 302 g/mol. The van der Waals surface area contributed by atoms with Crippen molar-refractivity contribution in [3.05, 3.63) is 53.6 Å². The van der Waals surface area contributed by atoms with E-state index in [0.29, 0.717) is 10.7 Å². The maximum atomic E-state index is 12.1.